The highest BCUT2D eigenvalue weighted by Gasteiger charge is 2.33. The zero-order chi connectivity index (χ0) is 13.8. The SMILES string of the molecule is CC(C)(C#N)C(=O)NCC(C)(C)C1CCOCC1. The summed E-state index contributed by atoms with van der Waals surface area (Å²) in [5.41, 5.74) is -0.906. The molecule has 1 aliphatic heterocycles. The van der Waals surface area contributed by atoms with Crippen molar-refractivity contribution in [1.82, 2.24) is 5.32 Å². The van der Waals surface area contributed by atoms with E-state index in [0.717, 1.165) is 26.1 Å². The average Bonchev–Trinajstić information content (AvgIpc) is 2.37. The zero-order valence-corrected chi connectivity index (χ0v) is 11.9. The molecule has 0 aromatic rings. The molecule has 1 heterocycles. The first-order valence-electron chi connectivity index (χ1n) is 6.57. The van der Waals surface area contributed by atoms with Crippen molar-refractivity contribution in [2.24, 2.45) is 16.7 Å². The second-order valence-electron chi connectivity index (χ2n) is 6.29. The van der Waals surface area contributed by atoms with Gasteiger partial charge in [0.15, 0.2) is 0 Å². The smallest absolute Gasteiger partial charge is 0.239 e. The zero-order valence-electron chi connectivity index (χ0n) is 11.9. The number of carbonyl (C=O) groups is 1. The summed E-state index contributed by atoms with van der Waals surface area (Å²) >= 11 is 0. The van der Waals surface area contributed by atoms with Gasteiger partial charge >= 0.3 is 0 Å². The molecule has 0 saturated carbocycles. The van der Waals surface area contributed by atoms with Crippen LogP contribution in [0.1, 0.15) is 40.5 Å². The fraction of sp³-hybridized carbons (Fsp3) is 0.857. The van der Waals surface area contributed by atoms with Crippen LogP contribution >= 0.6 is 0 Å². The lowest BCUT2D eigenvalue weighted by Gasteiger charge is -2.37. The first-order valence-corrected chi connectivity index (χ1v) is 6.57. The monoisotopic (exact) mass is 252 g/mol. The summed E-state index contributed by atoms with van der Waals surface area (Å²) in [6, 6.07) is 2.02. The molecule has 1 rings (SSSR count). The molecule has 1 fully saturated rings. The number of carbonyl (C=O) groups excluding carboxylic acids is 1. The van der Waals surface area contributed by atoms with E-state index in [0.29, 0.717) is 12.5 Å². The standard InChI is InChI=1S/C14H24N2O2/c1-13(2,9-15)12(17)16-10-14(3,4)11-5-7-18-8-6-11/h11H,5-8,10H2,1-4H3,(H,16,17). The molecule has 0 bridgehead atoms. The van der Waals surface area contributed by atoms with Crippen LogP contribution in [-0.4, -0.2) is 25.7 Å². The molecule has 0 aromatic carbocycles. The number of nitrogens with zero attached hydrogens (tertiary/aromatic N) is 1. The average molecular weight is 252 g/mol. The highest BCUT2D eigenvalue weighted by molar-refractivity contribution is 5.84. The van der Waals surface area contributed by atoms with Gasteiger partial charge in [0.2, 0.25) is 5.91 Å². The van der Waals surface area contributed by atoms with E-state index in [9.17, 15) is 4.79 Å². The topological polar surface area (TPSA) is 62.1 Å². The maximum Gasteiger partial charge on any atom is 0.239 e. The first-order chi connectivity index (χ1) is 8.29. The lowest BCUT2D eigenvalue weighted by atomic mass is 9.74. The summed E-state index contributed by atoms with van der Waals surface area (Å²) in [6.07, 6.45) is 2.09. The van der Waals surface area contributed by atoms with E-state index in [-0.39, 0.29) is 11.3 Å². The van der Waals surface area contributed by atoms with Crippen LogP contribution in [0.15, 0.2) is 0 Å². The van der Waals surface area contributed by atoms with Gasteiger partial charge < -0.3 is 10.1 Å². The summed E-state index contributed by atoms with van der Waals surface area (Å²) in [5.74, 6) is 0.377. The molecule has 18 heavy (non-hydrogen) atoms. The quantitative estimate of drug-likeness (QED) is 0.833. The van der Waals surface area contributed by atoms with Crippen LogP contribution < -0.4 is 5.32 Å². The van der Waals surface area contributed by atoms with Crippen LogP contribution in [0, 0.1) is 28.1 Å². The normalized spacial score (nSPS) is 18.2. The number of hydrogen-bond donors (Lipinski definition) is 1. The Bertz CT molecular complexity index is 336. The van der Waals surface area contributed by atoms with Gasteiger partial charge in [-0.1, -0.05) is 13.8 Å². The van der Waals surface area contributed by atoms with Crippen molar-refractivity contribution in [2.45, 2.75) is 40.5 Å². The molecule has 1 aliphatic rings. The molecule has 0 atom stereocenters. The second-order valence-corrected chi connectivity index (χ2v) is 6.29. The van der Waals surface area contributed by atoms with Gasteiger partial charge in [0.05, 0.1) is 6.07 Å². The molecule has 0 unspecified atom stereocenters. The third kappa shape index (κ3) is 3.71. The highest BCUT2D eigenvalue weighted by atomic mass is 16.5. The fourth-order valence-corrected chi connectivity index (χ4v) is 2.20. The molecule has 4 nitrogen and oxygen atoms in total. The van der Waals surface area contributed by atoms with E-state index in [1.54, 1.807) is 13.8 Å². The Morgan fingerprint density at radius 1 is 1.33 bits per heavy atom. The lowest BCUT2D eigenvalue weighted by Crippen LogP contribution is -2.44. The van der Waals surface area contributed by atoms with Crippen molar-refractivity contribution in [3.63, 3.8) is 0 Å². The molecular formula is C14H24N2O2. The van der Waals surface area contributed by atoms with Gasteiger partial charge in [-0.05, 0) is 38.0 Å². The summed E-state index contributed by atoms with van der Waals surface area (Å²) < 4.78 is 5.36. The molecule has 1 saturated heterocycles. The van der Waals surface area contributed by atoms with Crippen molar-refractivity contribution >= 4 is 5.91 Å². The molecule has 1 amide bonds. The Labute approximate surface area is 110 Å². The van der Waals surface area contributed by atoms with E-state index in [1.807, 2.05) is 6.07 Å². The molecule has 1 N–H and O–H groups in total. The molecule has 0 aliphatic carbocycles. The van der Waals surface area contributed by atoms with Gasteiger partial charge in [0, 0.05) is 19.8 Å². The summed E-state index contributed by atoms with van der Waals surface area (Å²) in [5, 5.41) is 11.8. The van der Waals surface area contributed by atoms with Crippen molar-refractivity contribution in [1.29, 1.82) is 5.26 Å². The van der Waals surface area contributed by atoms with Gasteiger partial charge in [-0.15, -0.1) is 0 Å². The van der Waals surface area contributed by atoms with Crippen LogP contribution in [-0.2, 0) is 9.53 Å². The minimum atomic E-state index is -0.953. The number of hydrogen-bond acceptors (Lipinski definition) is 3. The largest absolute Gasteiger partial charge is 0.381 e. The van der Waals surface area contributed by atoms with E-state index in [2.05, 4.69) is 19.2 Å². The van der Waals surface area contributed by atoms with Crippen molar-refractivity contribution < 1.29 is 9.53 Å². The number of nitrogens with one attached hydrogen (secondary N) is 1. The van der Waals surface area contributed by atoms with Crippen molar-refractivity contribution in [2.75, 3.05) is 19.8 Å². The van der Waals surface area contributed by atoms with E-state index >= 15 is 0 Å². The number of ether oxygens (including phenoxy) is 1. The third-order valence-corrected chi connectivity index (χ3v) is 3.88. The van der Waals surface area contributed by atoms with Gasteiger partial charge in [0.25, 0.3) is 0 Å². The second kappa shape index (κ2) is 5.71. The Morgan fingerprint density at radius 3 is 2.39 bits per heavy atom. The summed E-state index contributed by atoms with van der Waals surface area (Å²) in [7, 11) is 0. The number of amides is 1. The Morgan fingerprint density at radius 2 is 1.89 bits per heavy atom. The predicted molar refractivity (Wildman–Crippen MR) is 69.7 cm³/mol. The van der Waals surface area contributed by atoms with E-state index in [4.69, 9.17) is 10.00 Å². The van der Waals surface area contributed by atoms with Crippen molar-refractivity contribution in [3.05, 3.63) is 0 Å². The van der Waals surface area contributed by atoms with Crippen LogP contribution in [0.3, 0.4) is 0 Å². The molecule has 0 aromatic heterocycles. The molecular weight excluding hydrogens is 228 g/mol. The highest BCUT2D eigenvalue weighted by Crippen LogP contribution is 2.33. The maximum atomic E-state index is 11.9. The van der Waals surface area contributed by atoms with E-state index < -0.39 is 5.41 Å². The maximum absolute atomic E-state index is 11.9. The van der Waals surface area contributed by atoms with Gasteiger partial charge in [-0.3, -0.25) is 4.79 Å². The van der Waals surface area contributed by atoms with Crippen LogP contribution in [0.2, 0.25) is 0 Å². The van der Waals surface area contributed by atoms with Gasteiger partial charge in [-0.2, -0.15) is 5.26 Å². The minimum Gasteiger partial charge on any atom is -0.381 e. The first kappa shape index (κ1) is 15.0. The third-order valence-electron chi connectivity index (χ3n) is 3.88. The Balaban J connectivity index is 2.51. The summed E-state index contributed by atoms with van der Waals surface area (Å²) in [4.78, 5) is 11.9. The number of rotatable bonds is 4. The van der Waals surface area contributed by atoms with Gasteiger partial charge in [0.1, 0.15) is 5.41 Å². The predicted octanol–water partition coefficient (Wildman–Crippen LogP) is 2.11. The molecule has 0 radical (unpaired) electrons. The molecule has 102 valence electrons. The van der Waals surface area contributed by atoms with Crippen LogP contribution in [0.5, 0.6) is 0 Å². The molecule has 0 spiro atoms. The van der Waals surface area contributed by atoms with Crippen molar-refractivity contribution in [3.8, 4) is 6.07 Å². The van der Waals surface area contributed by atoms with Gasteiger partial charge in [-0.25, -0.2) is 0 Å². The lowest BCUT2D eigenvalue weighted by molar-refractivity contribution is -0.127. The fourth-order valence-electron chi connectivity index (χ4n) is 2.20. The molecule has 4 heteroatoms. The Kier molecular flexibility index (Phi) is 4.75. The van der Waals surface area contributed by atoms with Crippen LogP contribution in [0.25, 0.3) is 0 Å². The minimum absolute atomic E-state index is 0.0466. The Hall–Kier alpha value is -1.08. The van der Waals surface area contributed by atoms with E-state index in [1.165, 1.54) is 0 Å². The van der Waals surface area contributed by atoms with Crippen LogP contribution in [0.4, 0.5) is 0 Å². The summed E-state index contributed by atoms with van der Waals surface area (Å²) in [6.45, 7) is 9.86. The number of nitriles is 1.